The maximum atomic E-state index is 9.71. The molecule has 0 radical (unpaired) electrons. The van der Waals surface area contributed by atoms with E-state index in [1.807, 2.05) is 0 Å². The van der Waals surface area contributed by atoms with Crippen molar-refractivity contribution < 1.29 is 5.11 Å². The highest BCUT2D eigenvalue weighted by atomic mass is 16.3. The largest absolute Gasteiger partial charge is 0.393 e. The zero-order valence-corrected chi connectivity index (χ0v) is 13.2. The van der Waals surface area contributed by atoms with Crippen LogP contribution >= 0.6 is 0 Å². The van der Waals surface area contributed by atoms with Gasteiger partial charge in [0.2, 0.25) is 0 Å². The van der Waals surface area contributed by atoms with Crippen LogP contribution in [0.5, 0.6) is 0 Å². The fraction of sp³-hybridized carbons (Fsp3) is 0.812. The topological polar surface area (TPSA) is 50.1 Å². The molecular weight excluding hydrogens is 250 g/mol. The molecule has 20 heavy (non-hydrogen) atoms. The first kappa shape index (κ1) is 15.5. The molecule has 114 valence electrons. The number of nitrogens with one attached hydrogen (secondary N) is 1. The Bertz CT molecular complexity index is 428. The summed E-state index contributed by atoms with van der Waals surface area (Å²) < 4.78 is 2.12. The Balaban J connectivity index is 1.84. The summed E-state index contributed by atoms with van der Waals surface area (Å²) in [7, 11) is 0. The number of aromatic nitrogens is 2. The third-order valence-corrected chi connectivity index (χ3v) is 4.46. The Kier molecular flexibility index (Phi) is 5.61. The molecule has 2 rings (SSSR count). The normalized spacial score (nSPS) is 23.2. The number of aliphatic hydroxyl groups excluding tert-OH is 1. The molecule has 1 heterocycles. The summed E-state index contributed by atoms with van der Waals surface area (Å²) in [6.45, 7) is 9.35. The highest BCUT2D eigenvalue weighted by Crippen LogP contribution is 2.23. The summed E-state index contributed by atoms with van der Waals surface area (Å²) in [6, 6.07) is 0. The van der Waals surface area contributed by atoms with E-state index < -0.39 is 0 Å². The average molecular weight is 279 g/mol. The summed E-state index contributed by atoms with van der Waals surface area (Å²) in [6.07, 6.45) is 5.40. The van der Waals surface area contributed by atoms with Gasteiger partial charge in [-0.25, -0.2) is 0 Å². The molecular formula is C16H29N3O. The van der Waals surface area contributed by atoms with Crippen LogP contribution in [-0.4, -0.2) is 27.5 Å². The molecule has 0 aromatic carbocycles. The third-order valence-electron chi connectivity index (χ3n) is 4.46. The standard InChI is InChI=1S/C16H29N3O/c1-4-8-19-13(3)16(12(2)18-19)11-17-10-14-6-5-7-15(20)9-14/h14-15,17,20H,4-11H2,1-3H3. The molecule has 1 fully saturated rings. The minimum Gasteiger partial charge on any atom is -0.393 e. The minimum absolute atomic E-state index is 0.0775. The van der Waals surface area contributed by atoms with E-state index in [0.717, 1.165) is 44.6 Å². The molecule has 4 nitrogen and oxygen atoms in total. The predicted molar refractivity (Wildman–Crippen MR) is 81.7 cm³/mol. The van der Waals surface area contributed by atoms with Gasteiger partial charge in [-0.1, -0.05) is 13.3 Å². The molecule has 0 saturated heterocycles. The summed E-state index contributed by atoms with van der Waals surface area (Å²) in [5.74, 6) is 0.630. The van der Waals surface area contributed by atoms with Gasteiger partial charge in [-0.15, -0.1) is 0 Å². The van der Waals surface area contributed by atoms with Gasteiger partial charge in [0.1, 0.15) is 0 Å². The Morgan fingerprint density at radius 2 is 2.15 bits per heavy atom. The smallest absolute Gasteiger partial charge is 0.0641 e. The highest BCUT2D eigenvalue weighted by molar-refractivity contribution is 5.24. The number of hydrogen-bond donors (Lipinski definition) is 2. The van der Waals surface area contributed by atoms with Crippen LogP contribution in [0.2, 0.25) is 0 Å². The van der Waals surface area contributed by atoms with E-state index in [1.165, 1.54) is 24.1 Å². The molecule has 2 N–H and O–H groups in total. The molecule has 0 aliphatic heterocycles. The van der Waals surface area contributed by atoms with Crippen molar-refractivity contribution in [2.24, 2.45) is 5.92 Å². The van der Waals surface area contributed by atoms with Gasteiger partial charge in [-0.05, 0) is 52.0 Å². The van der Waals surface area contributed by atoms with Gasteiger partial charge >= 0.3 is 0 Å². The number of aryl methyl sites for hydroxylation is 2. The molecule has 2 unspecified atom stereocenters. The van der Waals surface area contributed by atoms with Crippen LogP contribution in [0.3, 0.4) is 0 Å². The lowest BCUT2D eigenvalue weighted by Crippen LogP contribution is -2.29. The fourth-order valence-corrected chi connectivity index (χ4v) is 3.27. The maximum Gasteiger partial charge on any atom is 0.0641 e. The SMILES string of the molecule is CCCn1nc(C)c(CNCC2CCCC(O)C2)c1C. The first-order valence-electron chi connectivity index (χ1n) is 8.03. The van der Waals surface area contributed by atoms with Gasteiger partial charge in [0.15, 0.2) is 0 Å². The van der Waals surface area contributed by atoms with Crippen molar-refractivity contribution in [2.75, 3.05) is 6.54 Å². The van der Waals surface area contributed by atoms with E-state index in [4.69, 9.17) is 0 Å². The van der Waals surface area contributed by atoms with Crippen molar-refractivity contribution in [3.8, 4) is 0 Å². The summed E-state index contributed by atoms with van der Waals surface area (Å²) in [5.41, 5.74) is 3.78. The summed E-state index contributed by atoms with van der Waals surface area (Å²) in [4.78, 5) is 0. The number of hydrogen-bond acceptors (Lipinski definition) is 3. The van der Waals surface area contributed by atoms with E-state index in [-0.39, 0.29) is 6.10 Å². The second-order valence-electron chi connectivity index (χ2n) is 6.19. The highest BCUT2D eigenvalue weighted by Gasteiger charge is 2.20. The van der Waals surface area contributed by atoms with Crippen molar-refractivity contribution in [1.29, 1.82) is 0 Å². The Morgan fingerprint density at radius 1 is 1.35 bits per heavy atom. The average Bonchev–Trinajstić information content (AvgIpc) is 2.67. The zero-order chi connectivity index (χ0) is 14.5. The van der Waals surface area contributed by atoms with Crippen LogP contribution in [0.4, 0.5) is 0 Å². The number of aliphatic hydroxyl groups is 1. The fourth-order valence-electron chi connectivity index (χ4n) is 3.27. The Labute approximate surface area is 122 Å². The third kappa shape index (κ3) is 3.83. The molecule has 1 aliphatic rings. The second-order valence-corrected chi connectivity index (χ2v) is 6.19. The van der Waals surface area contributed by atoms with E-state index in [2.05, 4.69) is 35.9 Å². The van der Waals surface area contributed by atoms with Crippen LogP contribution in [0.15, 0.2) is 0 Å². The van der Waals surface area contributed by atoms with Gasteiger partial charge in [0, 0.05) is 24.3 Å². The van der Waals surface area contributed by atoms with Crippen molar-refractivity contribution in [3.63, 3.8) is 0 Å². The lowest BCUT2D eigenvalue weighted by Gasteiger charge is -2.26. The second kappa shape index (κ2) is 7.23. The van der Waals surface area contributed by atoms with E-state index in [9.17, 15) is 5.11 Å². The minimum atomic E-state index is -0.0775. The quantitative estimate of drug-likeness (QED) is 0.841. The van der Waals surface area contributed by atoms with E-state index in [1.54, 1.807) is 0 Å². The predicted octanol–water partition coefficient (Wildman–Crippen LogP) is 2.55. The van der Waals surface area contributed by atoms with Crippen molar-refractivity contribution in [2.45, 2.75) is 72.1 Å². The van der Waals surface area contributed by atoms with Gasteiger partial charge in [0.05, 0.1) is 11.8 Å². The van der Waals surface area contributed by atoms with Gasteiger partial charge in [0.25, 0.3) is 0 Å². The van der Waals surface area contributed by atoms with Gasteiger partial charge in [-0.3, -0.25) is 4.68 Å². The van der Waals surface area contributed by atoms with Crippen LogP contribution in [0, 0.1) is 19.8 Å². The molecule has 4 heteroatoms. The van der Waals surface area contributed by atoms with Crippen molar-refractivity contribution in [1.82, 2.24) is 15.1 Å². The zero-order valence-electron chi connectivity index (χ0n) is 13.2. The van der Waals surface area contributed by atoms with Gasteiger partial charge < -0.3 is 10.4 Å². The number of nitrogens with zero attached hydrogens (tertiary/aromatic N) is 2. The molecule has 2 atom stereocenters. The molecule has 1 aromatic heterocycles. The van der Waals surface area contributed by atoms with Crippen molar-refractivity contribution >= 4 is 0 Å². The summed E-state index contributed by atoms with van der Waals surface area (Å²) >= 11 is 0. The lowest BCUT2D eigenvalue weighted by molar-refractivity contribution is 0.101. The molecule has 0 spiro atoms. The van der Waals surface area contributed by atoms with Crippen LogP contribution < -0.4 is 5.32 Å². The first-order valence-corrected chi connectivity index (χ1v) is 8.03. The Morgan fingerprint density at radius 3 is 2.85 bits per heavy atom. The van der Waals surface area contributed by atoms with Gasteiger partial charge in [-0.2, -0.15) is 5.10 Å². The Hall–Kier alpha value is -0.870. The van der Waals surface area contributed by atoms with E-state index in [0.29, 0.717) is 5.92 Å². The molecule has 1 aromatic rings. The maximum absolute atomic E-state index is 9.71. The van der Waals surface area contributed by atoms with Crippen LogP contribution in [-0.2, 0) is 13.1 Å². The molecule has 1 aliphatic carbocycles. The monoisotopic (exact) mass is 279 g/mol. The summed E-state index contributed by atoms with van der Waals surface area (Å²) in [5, 5.41) is 17.9. The van der Waals surface area contributed by atoms with Crippen molar-refractivity contribution in [3.05, 3.63) is 17.0 Å². The number of rotatable bonds is 6. The van der Waals surface area contributed by atoms with Crippen LogP contribution in [0.1, 0.15) is 56.0 Å². The first-order chi connectivity index (χ1) is 9.61. The van der Waals surface area contributed by atoms with E-state index >= 15 is 0 Å². The lowest BCUT2D eigenvalue weighted by atomic mass is 9.87. The molecule has 1 saturated carbocycles. The van der Waals surface area contributed by atoms with Crippen LogP contribution in [0.25, 0.3) is 0 Å². The molecule has 0 amide bonds. The molecule has 0 bridgehead atoms.